The van der Waals surface area contributed by atoms with Crippen molar-refractivity contribution in [1.82, 2.24) is 19.4 Å². The fraction of sp³-hybridized carbons (Fsp3) is 0.308. The molecule has 9 heteroatoms. The molecule has 4 aromatic rings. The van der Waals surface area contributed by atoms with Crippen LogP contribution in [0.1, 0.15) is 35.0 Å². The van der Waals surface area contributed by atoms with Gasteiger partial charge in [0.05, 0.1) is 18.5 Å². The van der Waals surface area contributed by atoms with Crippen molar-refractivity contribution in [3.63, 3.8) is 0 Å². The van der Waals surface area contributed by atoms with Crippen molar-refractivity contribution >= 4 is 23.1 Å². The van der Waals surface area contributed by atoms with Gasteiger partial charge in [0.1, 0.15) is 23.4 Å². The minimum Gasteiger partial charge on any atom is -0.370 e. The summed E-state index contributed by atoms with van der Waals surface area (Å²) in [6.45, 7) is 3.57. The fourth-order valence-electron chi connectivity index (χ4n) is 4.94. The number of fused-ring (bicyclic) bond motifs is 2. The van der Waals surface area contributed by atoms with E-state index >= 15 is 4.39 Å². The first-order valence-corrected chi connectivity index (χ1v) is 12.1. The van der Waals surface area contributed by atoms with Crippen LogP contribution in [0, 0.1) is 12.7 Å². The Labute approximate surface area is 206 Å². The lowest BCUT2D eigenvalue weighted by molar-refractivity contribution is 0.0394. The van der Waals surface area contributed by atoms with Crippen molar-refractivity contribution in [2.24, 2.45) is 0 Å². The fourth-order valence-corrected chi connectivity index (χ4v) is 5.10. The number of rotatable bonds is 3. The van der Waals surface area contributed by atoms with Crippen LogP contribution >= 0.6 is 11.6 Å². The Morgan fingerprint density at radius 3 is 2.89 bits per heavy atom. The molecule has 1 aliphatic heterocycles. The highest BCUT2D eigenvalue weighted by Gasteiger charge is 2.27. The highest BCUT2D eigenvalue weighted by molar-refractivity contribution is 6.30. The van der Waals surface area contributed by atoms with Gasteiger partial charge in [-0.25, -0.2) is 14.4 Å². The maximum atomic E-state index is 15.1. The summed E-state index contributed by atoms with van der Waals surface area (Å²) in [4.78, 5) is 29.4. The summed E-state index contributed by atoms with van der Waals surface area (Å²) in [6, 6.07) is 8.41. The van der Waals surface area contributed by atoms with E-state index in [0.29, 0.717) is 48.3 Å². The molecule has 1 fully saturated rings. The number of halogens is 2. The van der Waals surface area contributed by atoms with Crippen molar-refractivity contribution in [2.45, 2.75) is 32.3 Å². The largest absolute Gasteiger partial charge is 0.370 e. The molecule has 2 aliphatic rings. The van der Waals surface area contributed by atoms with Crippen LogP contribution in [0.3, 0.4) is 0 Å². The standard InChI is InChI=1S/C26H23ClFN5O2/c1-15-11-16(7-8-29-15)22-13-32(9-10-35-22)23-14-33-25(30-21-4-2-3-19(21)26(33)34)24(31-23)18-6-5-17(27)12-20(18)28/h5-8,11-12,14,22H,2-4,9-10,13H2,1H3. The Kier molecular flexibility index (Phi) is 5.50. The van der Waals surface area contributed by atoms with Gasteiger partial charge in [0.25, 0.3) is 5.56 Å². The molecule has 35 heavy (non-hydrogen) atoms. The molecule has 7 nitrogen and oxygen atoms in total. The summed E-state index contributed by atoms with van der Waals surface area (Å²) in [7, 11) is 0. The number of nitrogens with zero attached hydrogens (tertiary/aromatic N) is 5. The zero-order chi connectivity index (χ0) is 24.1. The van der Waals surface area contributed by atoms with E-state index in [1.807, 2.05) is 19.1 Å². The van der Waals surface area contributed by atoms with E-state index in [1.165, 1.54) is 10.5 Å². The normalized spacial score (nSPS) is 17.7. The number of ether oxygens (including phenoxy) is 1. The van der Waals surface area contributed by atoms with Gasteiger partial charge in [0, 0.05) is 41.1 Å². The number of hydrogen-bond acceptors (Lipinski definition) is 6. The number of morpholine rings is 1. The van der Waals surface area contributed by atoms with E-state index in [4.69, 9.17) is 26.3 Å². The molecule has 6 rings (SSSR count). The van der Waals surface area contributed by atoms with Crippen LogP contribution in [0.25, 0.3) is 16.9 Å². The van der Waals surface area contributed by atoms with Crippen LogP contribution < -0.4 is 10.5 Å². The molecule has 1 atom stereocenters. The third-order valence-electron chi connectivity index (χ3n) is 6.69. The lowest BCUT2D eigenvalue weighted by atomic mass is 10.1. The van der Waals surface area contributed by atoms with Gasteiger partial charge in [-0.2, -0.15) is 0 Å². The van der Waals surface area contributed by atoms with Crippen LogP contribution in [0.2, 0.25) is 5.02 Å². The maximum absolute atomic E-state index is 15.1. The van der Waals surface area contributed by atoms with Crippen LogP contribution in [0.5, 0.6) is 0 Å². The number of pyridine rings is 1. The molecule has 0 amide bonds. The molecule has 178 valence electrons. The predicted octanol–water partition coefficient (Wildman–Crippen LogP) is 4.32. The van der Waals surface area contributed by atoms with Crippen molar-refractivity contribution in [2.75, 3.05) is 24.6 Å². The Morgan fingerprint density at radius 1 is 1.17 bits per heavy atom. The first-order valence-electron chi connectivity index (χ1n) is 11.7. The topological polar surface area (TPSA) is 72.6 Å². The van der Waals surface area contributed by atoms with Gasteiger partial charge in [-0.1, -0.05) is 11.6 Å². The second kappa shape index (κ2) is 8.70. The van der Waals surface area contributed by atoms with E-state index < -0.39 is 5.82 Å². The Hall–Kier alpha value is -3.36. The lowest BCUT2D eigenvalue weighted by Gasteiger charge is -2.34. The average molecular weight is 492 g/mol. The Balaban J connectivity index is 1.51. The summed E-state index contributed by atoms with van der Waals surface area (Å²) < 4.78 is 22.6. The van der Waals surface area contributed by atoms with Gasteiger partial charge in [-0.05, 0) is 62.1 Å². The van der Waals surface area contributed by atoms with Gasteiger partial charge in [0.15, 0.2) is 5.65 Å². The summed E-state index contributed by atoms with van der Waals surface area (Å²) in [5, 5.41) is 0.293. The monoisotopic (exact) mass is 491 g/mol. The summed E-state index contributed by atoms with van der Waals surface area (Å²) >= 11 is 6.01. The second-order valence-electron chi connectivity index (χ2n) is 9.00. The molecule has 1 aliphatic carbocycles. The molecule has 1 unspecified atom stereocenters. The smallest absolute Gasteiger partial charge is 0.261 e. The van der Waals surface area contributed by atoms with Gasteiger partial charge < -0.3 is 9.64 Å². The van der Waals surface area contributed by atoms with Crippen molar-refractivity contribution in [3.05, 3.63) is 86.4 Å². The molecule has 0 bridgehead atoms. The number of benzene rings is 1. The zero-order valence-corrected chi connectivity index (χ0v) is 19.9. The van der Waals surface area contributed by atoms with Gasteiger partial charge >= 0.3 is 0 Å². The number of anilines is 1. The quantitative estimate of drug-likeness (QED) is 0.425. The number of hydrogen-bond donors (Lipinski definition) is 0. The van der Waals surface area contributed by atoms with Crippen molar-refractivity contribution in [3.8, 4) is 11.3 Å². The summed E-state index contributed by atoms with van der Waals surface area (Å²) in [5.74, 6) is 0.0636. The van der Waals surface area contributed by atoms with Crippen molar-refractivity contribution in [1.29, 1.82) is 0 Å². The molecule has 3 aromatic heterocycles. The lowest BCUT2D eigenvalue weighted by Crippen LogP contribution is -2.39. The van der Waals surface area contributed by atoms with E-state index in [1.54, 1.807) is 24.5 Å². The summed E-state index contributed by atoms with van der Waals surface area (Å²) in [6.07, 6.45) is 5.65. The first kappa shape index (κ1) is 22.1. The van der Waals surface area contributed by atoms with Gasteiger partial charge in [-0.3, -0.25) is 14.2 Å². The SMILES string of the molecule is Cc1cc(C2CN(c3cn4c(=O)c5c(nc4c(-c4ccc(Cl)cc4F)n3)CCC5)CCO2)ccn1. The summed E-state index contributed by atoms with van der Waals surface area (Å²) in [5.41, 5.74) is 4.28. The van der Waals surface area contributed by atoms with Crippen LogP contribution in [0.15, 0.2) is 47.5 Å². The maximum Gasteiger partial charge on any atom is 0.261 e. The molecule has 0 radical (unpaired) electrons. The van der Waals surface area contributed by atoms with E-state index in [2.05, 4.69) is 9.88 Å². The van der Waals surface area contributed by atoms with Crippen LogP contribution in [0.4, 0.5) is 10.2 Å². The minimum absolute atomic E-state index is 0.115. The van der Waals surface area contributed by atoms with Crippen LogP contribution in [-0.4, -0.2) is 39.0 Å². The molecule has 0 spiro atoms. The second-order valence-corrected chi connectivity index (χ2v) is 9.43. The van der Waals surface area contributed by atoms with Crippen LogP contribution in [-0.2, 0) is 17.6 Å². The number of aryl methyl sites for hydroxylation is 2. The molecular weight excluding hydrogens is 469 g/mol. The zero-order valence-electron chi connectivity index (χ0n) is 19.2. The minimum atomic E-state index is -0.508. The molecule has 4 heterocycles. The third kappa shape index (κ3) is 3.96. The number of aromatic nitrogens is 4. The predicted molar refractivity (Wildman–Crippen MR) is 132 cm³/mol. The molecule has 0 saturated carbocycles. The third-order valence-corrected chi connectivity index (χ3v) is 6.92. The van der Waals surface area contributed by atoms with E-state index in [-0.39, 0.29) is 17.2 Å². The molecule has 1 aromatic carbocycles. The van der Waals surface area contributed by atoms with E-state index in [0.717, 1.165) is 35.4 Å². The Morgan fingerprint density at radius 2 is 2.06 bits per heavy atom. The van der Waals surface area contributed by atoms with Gasteiger partial charge in [0.2, 0.25) is 0 Å². The first-order chi connectivity index (χ1) is 17.0. The van der Waals surface area contributed by atoms with Crippen molar-refractivity contribution < 1.29 is 9.13 Å². The van der Waals surface area contributed by atoms with E-state index in [9.17, 15) is 4.79 Å². The average Bonchev–Trinajstić information content (AvgIpc) is 3.33. The molecule has 0 N–H and O–H groups in total. The highest BCUT2D eigenvalue weighted by atomic mass is 35.5. The van der Waals surface area contributed by atoms with Gasteiger partial charge in [-0.15, -0.1) is 0 Å². The molecular formula is C26H23ClFN5O2. The Bertz CT molecular complexity index is 1520. The molecule has 1 saturated heterocycles. The highest BCUT2D eigenvalue weighted by Crippen LogP contribution is 2.31.